The first kappa shape index (κ1) is 14.6. The van der Waals surface area contributed by atoms with E-state index in [0.29, 0.717) is 23.1 Å². The minimum absolute atomic E-state index is 0.0359. The molecule has 3 N–H and O–H groups in total. The average Bonchev–Trinajstić information content (AvgIpc) is 2.25. The number of carboxylic acid groups (broad SMARTS) is 1. The molecule has 1 heterocycles. The molecule has 19 heavy (non-hydrogen) atoms. The summed E-state index contributed by atoms with van der Waals surface area (Å²) in [7, 11) is 0. The van der Waals surface area contributed by atoms with E-state index < -0.39 is 11.5 Å². The molecule has 1 aromatic rings. The molecule has 0 saturated carbocycles. The molecule has 0 radical (unpaired) electrons. The molecule has 1 atom stereocenters. The van der Waals surface area contributed by atoms with Crippen molar-refractivity contribution in [2.24, 2.45) is 0 Å². The lowest BCUT2D eigenvalue weighted by Crippen LogP contribution is -2.68. The van der Waals surface area contributed by atoms with Gasteiger partial charge in [0, 0.05) is 29.2 Å². The van der Waals surface area contributed by atoms with Crippen LogP contribution in [0.3, 0.4) is 0 Å². The third-order valence-electron chi connectivity index (χ3n) is 3.37. The predicted molar refractivity (Wildman–Crippen MR) is 75.9 cm³/mol. The number of halogens is 2. The Balaban J connectivity index is 2.11. The van der Waals surface area contributed by atoms with Crippen molar-refractivity contribution in [3.63, 3.8) is 0 Å². The molecule has 4 nitrogen and oxygen atoms in total. The van der Waals surface area contributed by atoms with E-state index in [-0.39, 0.29) is 12.5 Å². The zero-order valence-electron chi connectivity index (χ0n) is 10.5. The number of carboxylic acids is 1. The minimum Gasteiger partial charge on any atom is -0.481 e. The fourth-order valence-corrected chi connectivity index (χ4v) is 2.96. The van der Waals surface area contributed by atoms with E-state index in [0.717, 1.165) is 5.56 Å². The molecule has 0 aliphatic carbocycles. The van der Waals surface area contributed by atoms with E-state index >= 15 is 0 Å². The van der Waals surface area contributed by atoms with E-state index in [9.17, 15) is 4.79 Å². The van der Waals surface area contributed by atoms with Crippen LogP contribution in [0.25, 0.3) is 0 Å². The van der Waals surface area contributed by atoms with Crippen LogP contribution < -0.4 is 10.6 Å². The minimum atomic E-state index is -0.802. The summed E-state index contributed by atoms with van der Waals surface area (Å²) in [6.45, 7) is 3.26. The van der Waals surface area contributed by atoms with Crippen LogP contribution in [0.4, 0.5) is 0 Å². The monoisotopic (exact) mass is 302 g/mol. The van der Waals surface area contributed by atoms with Crippen LogP contribution in [0.2, 0.25) is 10.0 Å². The third kappa shape index (κ3) is 3.39. The number of carbonyl (C=O) groups is 1. The highest BCUT2D eigenvalue weighted by Crippen LogP contribution is 2.29. The van der Waals surface area contributed by atoms with Gasteiger partial charge in [-0.1, -0.05) is 29.3 Å². The molecule has 104 valence electrons. The van der Waals surface area contributed by atoms with Gasteiger partial charge in [0.2, 0.25) is 0 Å². The second-order valence-corrected chi connectivity index (χ2v) is 5.83. The summed E-state index contributed by atoms with van der Waals surface area (Å²) in [6, 6.07) is 5.30. The van der Waals surface area contributed by atoms with Crippen molar-refractivity contribution in [3.8, 4) is 0 Å². The van der Waals surface area contributed by atoms with E-state index in [1.165, 1.54) is 0 Å². The molecule has 1 unspecified atom stereocenters. The summed E-state index contributed by atoms with van der Waals surface area (Å²) in [5.74, 6) is -0.802. The van der Waals surface area contributed by atoms with E-state index in [4.69, 9.17) is 28.3 Å². The molecule has 2 rings (SSSR count). The lowest BCUT2D eigenvalue weighted by atomic mass is 9.87. The van der Waals surface area contributed by atoms with Crippen LogP contribution in [0.1, 0.15) is 24.9 Å². The highest BCUT2D eigenvalue weighted by Gasteiger charge is 2.40. The molecule has 6 heteroatoms. The van der Waals surface area contributed by atoms with Gasteiger partial charge in [-0.05, 0) is 24.6 Å². The number of rotatable bonds is 5. The Hall–Kier alpha value is -0.810. The van der Waals surface area contributed by atoms with Gasteiger partial charge in [0.15, 0.2) is 0 Å². The van der Waals surface area contributed by atoms with Crippen molar-refractivity contribution in [1.29, 1.82) is 0 Å². The highest BCUT2D eigenvalue weighted by atomic mass is 35.5. The Morgan fingerprint density at radius 3 is 2.68 bits per heavy atom. The SMILES string of the molecule is CC(NC1(CC(=O)O)CNC1)c1ccc(Cl)cc1Cl. The first-order valence-corrected chi connectivity index (χ1v) is 6.83. The smallest absolute Gasteiger partial charge is 0.305 e. The fourth-order valence-electron chi connectivity index (χ4n) is 2.38. The van der Waals surface area contributed by atoms with Gasteiger partial charge in [-0.3, -0.25) is 4.79 Å². The van der Waals surface area contributed by atoms with E-state index in [1.54, 1.807) is 12.1 Å². The summed E-state index contributed by atoms with van der Waals surface area (Å²) in [5, 5.41) is 16.6. The predicted octanol–water partition coefficient (Wildman–Crippen LogP) is 2.46. The van der Waals surface area contributed by atoms with Crippen molar-refractivity contribution >= 4 is 29.2 Å². The fraction of sp³-hybridized carbons (Fsp3) is 0.462. The maximum atomic E-state index is 10.9. The Morgan fingerprint density at radius 2 is 2.21 bits per heavy atom. The van der Waals surface area contributed by atoms with Crippen LogP contribution >= 0.6 is 23.2 Å². The molecular weight excluding hydrogens is 287 g/mol. The zero-order chi connectivity index (χ0) is 14.0. The normalized spacial score (nSPS) is 18.7. The van der Waals surface area contributed by atoms with E-state index in [1.807, 2.05) is 13.0 Å². The second-order valence-electron chi connectivity index (χ2n) is 4.99. The Morgan fingerprint density at radius 1 is 1.53 bits per heavy atom. The summed E-state index contributed by atoms with van der Waals surface area (Å²) in [4.78, 5) is 10.9. The Bertz CT molecular complexity index is 490. The average molecular weight is 303 g/mol. The molecular formula is C13H16Cl2N2O2. The molecule has 1 saturated heterocycles. The molecule has 1 aliphatic heterocycles. The van der Waals surface area contributed by atoms with Gasteiger partial charge in [-0.2, -0.15) is 0 Å². The maximum absolute atomic E-state index is 10.9. The van der Waals surface area contributed by atoms with Gasteiger partial charge in [0.1, 0.15) is 0 Å². The third-order valence-corrected chi connectivity index (χ3v) is 3.93. The largest absolute Gasteiger partial charge is 0.481 e. The van der Waals surface area contributed by atoms with Crippen molar-refractivity contribution in [2.45, 2.75) is 24.9 Å². The Labute approximate surface area is 122 Å². The summed E-state index contributed by atoms with van der Waals surface area (Å²) >= 11 is 12.0. The summed E-state index contributed by atoms with van der Waals surface area (Å²) < 4.78 is 0. The van der Waals surface area contributed by atoms with Crippen molar-refractivity contribution < 1.29 is 9.90 Å². The van der Waals surface area contributed by atoms with Crippen LogP contribution in [0.5, 0.6) is 0 Å². The molecule has 1 aliphatic rings. The van der Waals surface area contributed by atoms with Gasteiger partial charge in [-0.25, -0.2) is 0 Å². The number of nitrogens with one attached hydrogen (secondary N) is 2. The zero-order valence-corrected chi connectivity index (χ0v) is 12.1. The van der Waals surface area contributed by atoms with Crippen molar-refractivity contribution in [2.75, 3.05) is 13.1 Å². The number of benzene rings is 1. The quantitative estimate of drug-likeness (QED) is 0.782. The molecule has 0 bridgehead atoms. The molecule has 0 spiro atoms. The molecule has 0 amide bonds. The standard InChI is InChI=1S/C13H16Cl2N2O2/c1-8(10-3-2-9(14)4-11(10)15)17-13(5-12(18)19)6-16-7-13/h2-4,8,16-17H,5-7H2,1H3,(H,18,19). The summed E-state index contributed by atoms with van der Waals surface area (Å²) in [6.07, 6.45) is 0.0928. The van der Waals surface area contributed by atoms with Crippen LogP contribution in [0.15, 0.2) is 18.2 Å². The van der Waals surface area contributed by atoms with Crippen molar-refractivity contribution in [1.82, 2.24) is 10.6 Å². The Kier molecular flexibility index (Phi) is 4.36. The van der Waals surface area contributed by atoms with Gasteiger partial charge in [0.25, 0.3) is 0 Å². The molecule has 1 fully saturated rings. The van der Waals surface area contributed by atoms with Gasteiger partial charge in [0.05, 0.1) is 12.0 Å². The second kappa shape index (κ2) is 5.67. The van der Waals surface area contributed by atoms with Gasteiger partial charge >= 0.3 is 5.97 Å². The van der Waals surface area contributed by atoms with Crippen LogP contribution in [0, 0.1) is 0 Å². The first-order chi connectivity index (χ1) is 8.92. The maximum Gasteiger partial charge on any atom is 0.305 e. The summed E-state index contributed by atoms with van der Waals surface area (Å²) in [5.41, 5.74) is 0.525. The lowest BCUT2D eigenvalue weighted by Gasteiger charge is -2.44. The first-order valence-electron chi connectivity index (χ1n) is 6.07. The van der Waals surface area contributed by atoms with E-state index in [2.05, 4.69) is 10.6 Å². The molecule has 0 aromatic heterocycles. The van der Waals surface area contributed by atoms with Gasteiger partial charge in [-0.15, -0.1) is 0 Å². The van der Waals surface area contributed by atoms with Crippen LogP contribution in [-0.4, -0.2) is 29.7 Å². The van der Waals surface area contributed by atoms with Crippen LogP contribution in [-0.2, 0) is 4.79 Å². The number of hydrogen-bond acceptors (Lipinski definition) is 3. The number of hydrogen-bond donors (Lipinski definition) is 3. The molecule has 1 aromatic carbocycles. The van der Waals surface area contributed by atoms with Crippen molar-refractivity contribution in [3.05, 3.63) is 33.8 Å². The lowest BCUT2D eigenvalue weighted by molar-refractivity contribution is -0.139. The highest BCUT2D eigenvalue weighted by molar-refractivity contribution is 6.35. The topological polar surface area (TPSA) is 61.4 Å². The number of aliphatic carboxylic acids is 1. The van der Waals surface area contributed by atoms with Gasteiger partial charge < -0.3 is 15.7 Å².